The summed E-state index contributed by atoms with van der Waals surface area (Å²) in [7, 11) is 1.29. The van der Waals surface area contributed by atoms with E-state index in [1.807, 2.05) is 18.2 Å². The standard InChI is InChI=1S/C20H24N2O3/c1-14(2)18(15-8-5-4-6-9-15)13-21-19(23)16-10-7-11-17(12-16)22-20(24)25-3/h4-12,14,18H,13H2,1-3H3,(H,21,23)(H,22,24). The molecule has 0 aliphatic heterocycles. The molecule has 2 rings (SSSR count). The Morgan fingerprint density at radius 2 is 1.76 bits per heavy atom. The zero-order valence-electron chi connectivity index (χ0n) is 14.8. The second kappa shape index (κ2) is 8.87. The predicted octanol–water partition coefficient (Wildman–Crippen LogP) is 4.03. The summed E-state index contributed by atoms with van der Waals surface area (Å²) >= 11 is 0. The van der Waals surface area contributed by atoms with Crippen LogP contribution >= 0.6 is 0 Å². The quantitative estimate of drug-likeness (QED) is 0.834. The summed E-state index contributed by atoms with van der Waals surface area (Å²) in [6.45, 7) is 4.84. The highest BCUT2D eigenvalue weighted by molar-refractivity contribution is 5.96. The van der Waals surface area contributed by atoms with Gasteiger partial charge in [0.05, 0.1) is 7.11 Å². The molecular formula is C20H24N2O3. The van der Waals surface area contributed by atoms with Gasteiger partial charge in [0.25, 0.3) is 5.91 Å². The SMILES string of the molecule is COC(=O)Nc1cccc(C(=O)NCC(c2ccccc2)C(C)C)c1. The van der Waals surface area contributed by atoms with Crippen LogP contribution in [0.2, 0.25) is 0 Å². The number of methoxy groups -OCH3 is 1. The Kier molecular flexibility index (Phi) is 6.57. The van der Waals surface area contributed by atoms with E-state index in [4.69, 9.17) is 0 Å². The first-order valence-corrected chi connectivity index (χ1v) is 8.29. The number of hydrogen-bond donors (Lipinski definition) is 2. The van der Waals surface area contributed by atoms with Crippen molar-refractivity contribution in [2.75, 3.05) is 19.0 Å². The van der Waals surface area contributed by atoms with Crippen molar-refractivity contribution in [3.05, 3.63) is 65.7 Å². The van der Waals surface area contributed by atoms with Crippen molar-refractivity contribution >= 4 is 17.7 Å². The lowest BCUT2D eigenvalue weighted by Crippen LogP contribution is -2.30. The third-order valence-electron chi connectivity index (χ3n) is 4.07. The molecule has 25 heavy (non-hydrogen) atoms. The van der Waals surface area contributed by atoms with Crippen LogP contribution < -0.4 is 10.6 Å². The van der Waals surface area contributed by atoms with Crippen molar-refractivity contribution in [2.45, 2.75) is 19.8 Å². The highest BCUT2D eigenvalue weighted by atomic mass is 16.5. The zero-order valence-corrected chi connectivity index (χ0v) is 14.8. The van der Waals surface area contributed by atoms with Gasteiger partial charge in [-0.05, 0) is 29.7 Å². The van der Waals surface area contributed by atoms with Crippen LogP contribution in [0.3, 0.4) is 0 Å². The lowest BCUT2D eigenvalue weighted by Gasteiger charge is -2.22. The Labute approximate surface area is 148 Å². The van der Waals surface area contributed by atoms with Gasteiger partial charge < -0.3 is 10.1 Å². The van der Waals surface area contributed by atoms with E-state index in [2.05, 4.69) is 41.4 Å². The molecule has 5 heteroatoms. The lowest BCUT2D eigenvalue weighted by molar-refractivity contribution is 0.0949. The first kappa shape index (κ1) is 18.5. The van der Waals surface area contributed by atoms with Gasteiger partial charge in [-0.2, -0.15) is 0 Å². The van der Waals surface area contributed by atoms with Gasteiger partial charge in [-0.1, -0.05) is 50.2 Å². The minimum Gasteiger partial charge on any atom is -0.453 e. The molecule has 5 nitrogen and oxygen atoms in total. The van der Waals surface area contributed by atoms with Gasteiger partial charge >= 0.3 is 6.09 Å². The third kappa shape index (κ3) is 5.35. The minimum absolute atomic E-state index is 0.171. The van der Waals surface area contributed by atoms with E-state index in [1.54, 1.807) is 24.3 Å². The number of amides is 2. The molecule has 0 aliphatic rings. The summed E-state index contributed by atoms with van der Waals surface area (Å²) in [4.78, 5) is 23.7. The van der Waals surface area contributed by atoms with Crippen LogP contribution in [0.15, 0.2) is 54.6 Å². The highest BCUT2D eigenvalue weighted by Crippen LogP contribution is 2.23. The molecule has 0 spiro atoms. The predicted molar refractivity (Wildman–Crippen MR) is 98.8 cm³/mol. The Morgan fingerprint density at radius 1 is 1.04 bits per heavy atom. The number of ether oxygens (including phenoxy) is 1. The summed E-state index contributed by atoms with van der Waals surface area (Å²) in [5, 5.41) is 5.55. The Balaban J connectivity index is 2.03. The van der Waals surface area contributed by atoms with Gasteiger partial charge in [-0.25, -0.2) is 4.79 Å². The second-order valence-corrected chi connectivity index (χ2v) is 6.17. The summed E-state index contributed by atoms with van der Waals surface area (Å²) in [6.07, 6.45) is -0.568. The Hall–Kier alpha value is -2.82. The van der Waals surface area contributed by atoms with Crippen molar-refractivity contribution in [1.29, 1.82) is 0 Å². The normalized spacial score (nSPS) is 11.7. The molecule has 1 unspecified atom stereocenters. The van der Waals surface area contributed by atoms with Crippen LogP contribution in [-0.4, -0.2) is 25.7 Å². The van der Waals surface area contributed by atoms with Gasteiger partial charge in [-0.3, -0.25) is 10.1 Å². The van der Waals surface area contributed by atoms with Crippen molar-refractivity contribution < 1.29 is 14.3 Å². The van der Waals surface area contributed by atoms with Crippen LogP contribution in [0.1, 0.15) is 35.7 Å². The maximum absolute atomic E-state index is 12.5. The van der Waals surface area contributed by atoms with E-state index in [-0.39, 0.29) is 11.8 Å². The van der Waals surface area contributed by atoms with E-state index in [1.165, 1.54) is 12.7 Å². The number of nitrogens with one attached hydrogen (secondary N) is 2. The molecule has 0 bridgehead atoms. The summed E-state index contributed by atoms with van der Waals surface area (Å²) in [5.41, 5.74) is 2.21. The monoisotopic (exact) mass is 340 g/mol. The zero-order chi connectivity index (χ0) is 18.2. The number of rotatable bonds is 6. The first-order valence-electron chi connectivity index (χ1n) is 8.29. The first-order chi connectivity index (χ1) is 12.0. The van der Waals surface area contributed by atoms with E-state index < -0.39 is 6.09 Å². The Morgan fingerprint density at radius 3 is 2.40 bits per heavy atom. The van der Waals surface area contributed by atoms with Crippen LogP contribution in [0, 0.1) is 5.92 Å². The lowest BCUT2D eigenvalue weighted by atomic mass is 9.88. The summed E-state index contributed by atoms with van der Waals surface area (Å²) in [6, 6.07) is 16.9. The molecule has 2 aromatic carbocycles. The molecule has 0 radical (unpaired) electrons. The van der Waals surface area contributed by atoms with Gasteiger partial charge in [0.2, 0.25) is 0 Å². The Bertz CT molecular complexity index is 714. The molecule has 2 N–H and O–H groups in total. The average Bonchev–Trinajstić information content (AvgIpc) is 2.62. The minimum atomic E-state index is -0.568. The van der Waals surface area contributed by atoms with E-state index >= 15 is 0 Å². The topological polar surface area (TPSA) is 67.4 Å². The van der Waals surface area contributed by atoms with Gasteiger partial charge in [-0.15, -0.1) is 0 Å². The number of anilines is 1. The van der Waals surface area contributed by atoms with Crippen LogP contribution in [-0.2, 0) is 4.74 Å². The molecule has 2 aromatic rings. The second-order valence-electron chi connectivity index (χ2n) is 6.17. The molecule has 1 atom stereocenters. The molecule has 0 aliphatic carbocycles. The molecule has 0 saturated heterocycles. The van der Waals surface area contributed by atoms with Crippen molar-refractivity contribution in [3.63, 3.8) is 0 Å². The fourth-order valence-corrected chi connectivity index (χ4v) is 2.65. The maximum Gasteiger partial charge on any atom is 0.411 e. The smallest absolute Gasteiger partial charge is 0.411 e. The third-order valence-corrected chi connectivity index (χ3v) is 4.07. The molecule has 132 valence electrons. The van der Waals surface area contributed by atoms with Gasteiger partial charge in [0.15, 0.2) is 0 Å². The molecule has 2 amide bonds. The van der Waals surface area contributed by atoms with E-state index in [9.17, 15) is 9.59 Å². The summed E-state index contributed by atoms with van der Waals surface area (Å²) < 4.78 is 4.56. The molecular weight excluding hydrogens is 316 g/mol. The fourth-order valence-electron chi connectivity index (χ4n) is 2.65. The highest BCUT2D eigenvalue weighted by Gasteiger charge is 2.17. The van der Waals surface area contributed by atoms with Crippen molar-refractivity contribution in [1.82, 2.24) is 5.32 Å². The van der Waals surface area contributed by atoms with Gasteiger partial charge in [0.1, 0.15) is 0 Å². The van der Waals surface area contributed by atoms with Crippen LogP contribution in [0.5, 0.6) is 0 Å². The van der Waals surface area contributed by atoms with E-state index in [0.29, 0.717) is 23.7 Å². The molecule has 0 heterocycles. The fraction of sp³-hybridized carbons (Fsp3) is 0.300. The number of carbonyl (C=O) groups excluding carboxylic acids is 2. The van der Waals surface area contributed by atoms with E-state index in [0.717, 1.165) is 0 Å². The van der Waals surface area contributed by atoms with Crippen molar-refractivity contribution in [2.24, 2.45) is 5.92 Å². The molecule has 0 aromatic heterocycles. The number of carbonyl (C=O) groups is 2. The average molecular weight is 340 g/mol. The number of hydrogen-bond acceptors (Lipinski definition) is 3. The summed E-state index contributed by atoms with van der Waals surface area (Å²) in [5.74, 6) is 0.464. The van der Waals surface area contributed by atoms with Gasteiger partial charge in [0, 0.05) is 23.7 Å². The maximum atomic E-state index is 12.5. The van der Waals surface area contributed by atoms with Crippen LogP contribution in [0.25, 0.3) is 0 Å². The van der Waals surface area contributed by atoms with Crippen molar-refractivity contribution in [3.8, 4) is 0 Å². The van der Waals surface area contributed by atoms with Crippen LogP contribution in [0.4, 0.5) is 10.5 Å². The number of benzene rings is 2. The largest absolute Gasteiger partial charge is 0.453 e. The molecule has 0 saturated carbocycles. The molecule has 0 fully saturated rings.